The van der Waals surface area contributed by atoms with Crippen LogP contribution in [0.3, 0.4) is 0 Å². The third-order valence-electron chi connectivity index (χ3n) is 3.39. The molecule has 0 unspecified atom stereocenters. The van der Waals surface area contributed by atoms with Gasteiger partial charge in [-0.3, -0.25) is 0 Å². The number of hydrogen-bond donors (Lipinski definition) is 1. The van der Waals surface area contributed by atoms with Crippen LogP contribution in [-0.2, 0) is 6.42 Å². The molecule has 0 aromatic heterocycles. The molecule has 1 aromatic carbocycles. The highest BCUT2D eigenvalue weighted by atomic mass is 79.9. The van der Waals surface area contributed by atoms with Crippen molar-refractivity contribution in [1.82, 2.24) is 0 Å². The summed E-state index contributed by atoms with van der Waals surface area (Å²) in [7, 11) is 0. The smallest absolute Gasteiger partial charge is 0.0399 e. The standard InChI is InChI=1S/C14H21BrN2/c15-13-6-7-14(12(11-13)5-4-8-16)17-9-2-1-3-10-17/h6-7,11H,1-5,8-10,16H2. The fourth-order valence-corrected chi connectivity index (χ4v) is 2.90. The van der Waals surface area contributed by atoms with Crippen LogP contribution in [0, 0.1) is 0 Å². The molecule has 0 atom stereocenters. The second-order valence-electron chi connectivity index (χ2n) is 4.71. The molecule has 0 amide bonds. The molecule has 1 saturated heterocycles. The molecule has 0 saturated carbocycles. The van der Waals surface area contributed by atoms with E-state index in [2.05, 4.69) is 39.0 Å². The SMILES string of the molecule is NCCCc1cc(Br)ccc1N1CCCCC1. The normalized spacial score (nSPS) is 16.2. The molecule has 1 aliphatic rings. The topological polar surface area (TPSA) is 29.3 Å². The van der Waals surface area contributed by atoms with Crippen LogP contribution in [0.4, 0.5) is 5.69 Å². The van der Waals surface area contributed by atoms with Crippen LogP contribution in [0.25, 0.3) is 0 Å². The van der Waals surface area contributed by atoms with Crippen molar-refractivity contribution >= 4 is 21.6 Å². The van der Waals surface area contributed by atoms with Gasteiger partial charge in [0.05, 0.1) is 0 Å². The van der Waals surface area contributed by atoms with Gasteiger partial charge < -0.3 is 10.6 Å². The van der Waals surface area contributed by atoms with Crippen molar-refractivity contribution < 1.29 is 0 Å². The van der Waals surface area contributed by atoms with Gasteiger partial charge in [0.15, 0.2) is 0 Å². The van der Waals surface area contributed by atoms with Gasteiger partial charge in [-0.2, -0.15) is 0 Å². The van der Waals surface area contributed by atoms with E-state index in [4.69, 9.17) is 5.73 Å². The van der Waals surface area contributed by atoms with E-state index >= 15 is 0 Å². The van der Waals surface area contributed by atoms with Crippen LogP contribution in [0.2, 0.25) is 0 Å². The average Bonchev–Trinajstić information content (AvgIpc) is 2.37. The Kier molecular flexibility index (Phi) is 4.86. The second kappa shape index (κ2) is 6.41. The molecular formula is C14H21BrN2. The van der Waals surface area contributed by atoms with Crippen LogP contribution in [0.1, 0.15) is 31.2 Å². The van der Waals surface area contributed by atoms with E-state index in [9.17, 15) is 0 Å². The lowest BCUT2D eigenvalue weighted by Gasteiger charge is -2.30. The zero-order valence-corrected chi connectivity index (χ0v) is 11.9. The fourth-order valence-electron chi connectivity index (χ4n) is 2.49. The number of rotatable bonds is 4. The molecule has 1 aliphatic heterocycles. The highest BCUT2D eigenvalue weighted by molar-refractivity contribution is 9.10. The van der Waals surface area contributed by atoms with Crippen LogP contribution < -0.4 is 10.6 Å². The van der Waals surface area contributed by atoms with Crippen LogP contribution >= 0.6 is 15.9 Å². The van der Waals surface area contributed by atoms with Crippen molar-refractivity contribution in [1.29, 1.82) is 0 Å². The van der Waals surface area contributed by atoms with Gasteiger partial charge in [0, 0.05) is 23.2 Å². The molecule has 3 heteroatoms. The highest BCUT2D eigenvalue weighted by Gasteiger charge is 2.14. The number of piperidine rings is 1. The highest BCUT2D eigenvalue weighted by Crippen LogP contribution is 2.28. The summed E-state index contributed by atoms with van der Waals surface area (Å²) >= 11 is 3.56. The van der Waals surface area contributed by atoms with Crippen molar-refractivity contribution in [3.63, 3.8) is 0 Å². The molecule has 1 fully saturated rings. The van der Waals surface area contributed by atoms with Crippen molar-refractivity contribution in [2.45, 2.75) is 32.1 Å². The maximum atomic E-state index is 5.62. The van der Waals surface area contributed by atoms with Gasteiger partial charge in [-0.15, -0.1) is 0 Å². The summed E-state index contributed by atoms with van der Waals surface area (Å²) in [5.41, 5.74) is 8.47. The molecule has 17 heavy (non-hydrogen) atoms. The van der Waals surface area contributed by atoms with Crippen LogP contribution in [0.5, 0.6) is 0 Å². The number of nitrogens with zero attached hydrogens (tertiary/aromatic N) is 1. The van der Waals surface area contributed by atoms with Crippen LogP contribution in [-0.4, -0.2) is 19.6 Å². The molecule has 0 radical (unpaired) electrons. The lowest BCUT2D eigenvalue weighted by molar-refractivity contribution is 0.576. The van der Waals surface area contributed by atoms with Crippen molar-refractivity contribution in [3.8, 4) is 0 Å². The average molecular weight is 297 g/mol. The van der Waals surface area contributed by atoms with Crippen molar-refractivity contribution in [3.05, 3.63) is 28.2 Å². The summed E-state index contributed by atoms with van der Waals surface area (Å²) in [5.74, 6) is 0. The van der Waals surface area contributed by atoms with Gasteiger partial charge in [0.2, 0.25) is 0 Å². The fraction of sp³-hybridized carbons (Fsp3) is 0.571. The monoisotopic (exact) mass is 296 g/mol. The number of anilines is 1. The summed E-state index contributed by atoms with van der Waals surface area (Å²) in [6.45, 7) is 3.18. The maximum absolute atomic E-state index is 5.62. The molecular weight excluding hydrogens is 276 g/mol. The molecule has 2 rings (SSSR count). The predicted molar refractivity (Wildman–Crippen MR) is 77.6 cm³/mol. The van der Waals surface area contributed by atoms with Gasteiger partial charge in [-0.25, -0.2) is 0 Å². The van der Waals surface area contributed by atoms with Crippen LogP contribution in [0.15, 0.2) is 22.7 Å². The minimum Gasteiger partial charge on any atom is -0.371 e. The number of halogens is 1. The minimum absolute atomic E-state index is 0.770. The number of benzene rings is 1. The molecule has 1 heterocycles. The van der Waals surface area contributed by atoms with Crippen molar-refractivity contribution in [2.75, 3.05) is 24.5 Å². The van der Waals surface area contributed by atoms with Gasteiger partial charge in [0.25, 0.3) is 0 Å². The third kappa shape index (κ3) is 3.46. The minimum atomic E-state index is 0.770. The van der Waals surface area contributed by atoms with E-state index in [-0.39, 0.29) is 0 Å². The molecule has 1 aromatic rings. The van der Waals surface area contributed by atoms with E-state index in [0.29, 0.717) is 0 Å². The van der Waals surface area contributed by atoms with E-state index in [0.717, 1.165) is 19.4 Å². The maximum Gasteiger partial charge on any atom is 0.0399 e. The Labute approximate surface area is 112 Å². The number of nitrogens with two attached hydrogens (primary N) is 1. The summed E-state index contributed by atoms with van der Waals surface area (Å²) in [6, 6.07) is 6.65. The third-order valence-corrected chi connectivity index (χ3v) is 3.88. The lowest BCUT2D eigenvalue weighted by atomic mass is 10.0. The Balaban J connectivity index is 2.18. The molecule has 2 N–H and O–H groups in total. The van der Waals surface area contributed by atoms with Gasteiger partial charge in [0.1, 0.15) is 0 Å². The summed E-state index contributed by atoms with van der Waals surface area (Å²) in [6.07, 6.45) is 6.18. The van der Waals surface area contributed by atoms with Gasteiger partial charge in [-0.1, -0.05) is 15.9 Å². The van der Waals surface area contributed by atoms with Crippen molar-refractivity contribution in [2.24, 2.45) is 5.73 Å². The molecule has 0 bridgehead atoms. The Morgan fingerprint density at radius 3 is 2.65 bits per heavy atom. The van der Waals surface area contributed by atoms with Gasteiger partial charge in [-0.05, 0) is 62.4 Å². The summed E-state index contributed by atoms with van der Waals surface area (Å²) in [4.78, 5) is 2.53. The van der Waals surface area contributed by atoms with E-state index in [1.807, 2.05) is 0 Å². The zero-order chi connectivity index (χ0) is 12.1. The first-order chi connectivity index (χ1) is 8.31. The summed E-state index contributed by atoms with van der Waals surface area (Å²) < 4.78 is 1.17. The zero-order valence-electron chi connectivity index (χ0n) is 10.3. The number of hydrogen-bond acceptors (Lipinski definition) is 2. The first-order valence-corrected chi connectivity index (χ1v) is 7.34. The molecule has 0 spiro atoms. The number of aryl methyl sites for hydroxylation is 1. The Morgan fingerprint density at radius 2 is 1.94 bits per heavy atom. The van der Waals surface area contributed by atoms with E-state index < -0.39 is 0 Å². The largest absolute Gasteiger partial charge is 0.371 e. The Morgan fingerprint density at radius 1 is 1.18 bits per heavy atom. The first kappa shape index (κ1) is 12.9. The molecule has 0 aliphatic carbocycles. The first-order valence-electron chi connectivity index (χ1n) is 6.54. The van der Waals surface area contributed by atoms with Gasteiger partial charge >= 0.3 is 0 Å². The quantitative estimate of drug-likeness (QED) is 0.923. The van der Waals surface area contributed by atoms with E-state index in [1.165, 1.54) is 48.1 Å². The van der Waals surface area contributed by atoms with E-state index in [1.54, 1.807) is 0 Å². The summed E-state index contributed by atoms with van der Waals surface area (Å²) in [5, 5.41) is 0. The predicted octanol–water partition coefficient (Wildman–Crippen LogP) is 3.33. The Hall–Kier alpha value is -0.540. The lowest BCUT2D eigenvalue weighted by Crippen LogP contribution is -2.30. The molecule has 2 nitrogen and oxygen atoms in total. The second-order valence-corrected chi connectivity index (χ2v) is 5.63. The Bertz CT molecular complexity index is 359. The molecule has 94 valence electrons.